The Kier molecular flexibility index (Phi) is 7.92. The monoisotopic (exact) mass is 254 g/mol. The minimum absolute atomic E-state index is 0.726. The molecule has 1 saturated carbocycles. The van der Waals surface area contributed by atoms with Gasteiger partial charge in [0.25, 0.3) is 0 Å². The van der Waals surface area contributed by atoms with E-state index in [4.69, 9.17) is 0 Å². The molecule has 1 aliphatic rings. The van der Waals surface area contributed by atoms with Crippen molar-refractivity contribution in [2.75, 3.05) is 26.7 Å². The Bertz CT molecular complexity index is 197. The van der Waals surface area contributed by atoms with Crippen molar-refractivity contribution >= 4 is 0 Å². The van der Waals surface area contributed by atoms with Gasteiger partial charge in [0.15, 0.2) is 0 Å². The van der Waals surface area contributed by atoms with E-state index in [2.05, 4.69) is 38.0 Å². The maximum Gasteiger partial charge on any atom is 0.0223 e. The van der Waals surface area contributed by atoms with Crippen LogP contribution in [0.25, 0.3) is 0 Å². The molecule has 1 unspecified atom stereocenters. The van der Waals surface area contributed by atoms with E-state index in [-0.39, 0.29) is 0 Å². The molecule has 2 heteroatoms. The van der Waals surface area contributed by atoms with E-state index >= 15 is 0 Å². The highest BCUT2D eigenvalue weighted by atomic mass is 15.1. The molecule has 0 radical (unpaired) electrons. The van der Waals surface area contributed by atoms with Crippen LogP contribution in [0.15, 0.2) is 0 Å². The van der Waals surface area contributed by atoms with Gasteiger partial charge in [0.1, 0.15) is 0 Å². The van der Waals surface area contributed by atoms with Crippen molar-refractivity contribution in [3.05, 3.63) is 0 Å². The van der Waals surface area contributed by atoms with Crippen molar-refractivity contribution in [1.82, 2.24) is 10.2 Å². The average molecular weight is 254 g/mol. The Morgan fingerprint density at radius 1 is 1.22 bits per heavy atom. The van der Waals surface area contributed by atoms with Crippen LogP contribution in [0.1, 0.15) is 59.3 Å². The lowest BCUT2D eigenvalue weighted by Crippen LogP contribution is -2.44. The fourth-order valence-electron chi connectivity index (χ4n) is 2.98. The van der Waals surface area contributed by atoms with Gasteiger partial charge < -0.3 is 10.2 Å². The minimum Gasteiger partial charge on any atom is -0.312 e. The molecule has 1 fully saturated rings. The smallest absolute Gasteiger partial charge is 0.0223 e. The van der Waals surface area contributed by atoms with Crippen LogP contribution in [0.4, 0.5) is 0 Å². The normalized spacial score (nSPS) is 19.0. The van der Waals surface area contributed by atoms with Crippen molar-refractivity contribution in [2.45, 2.75) is 65.3 Å². The standard InChI is InChI=1S/C16H34N2/c1-5-11-17-16(15-8-6-7-9-15)13-18(4)12-10-14(2)3/h14-17H,5-13H2,1-4H3. The molecule has 2 nitrogen and oxygen atoms in total. The molecule has 0 bridgehead atoms. The van der Waals surface area contributed by atoms with Crippen molar-refractivity contribution < 1.29 is 0 Å². The van der Waals surface area contributed by atoms with Crippen LogP contribution in [-0.4, -0.2) is 37.6 Å². The van der Waals surface area contributed by atoms with Gasteiger partial charge in [-0.3, -0.25) is 0 Å². The summed E-state index contributed by atoms with van der Waals surface area (Å²) in [7, 11) is 2.29. The third-order valence-corrected chi connectivity index (χ3v) is 4.22. The molecule has 0 aromatic rings. The molecule has 1 N–H and O–H groups in total. The lowest BCUT2D eigenvalue weighted by atomic mass is 9.97. The number of nitrogens with one attached hydrogen (secondary N) is 1. The fraction of sp³-hybridized carbons (Fsp3) is 1.00. The summed E-state index contributed by atoms with van der Waals surface area (Å²) < 4.78 is 0. The number of likely N-dealkylation sites (N-methyl/N-ethyl adjacent to an activating group) is 1. The SMILES string of the molecule is CCCNC(CN(C)CCC(C)C)C1CCCC1. The molecular weight excluding hydrogens is 220 g/mol. The van der Waals surface area contributed by atoms with E-state index in [0.29, 0.717) is 0 Å². The third-order valence-electron chi connectivity index (χ3n) is 4.22. The summed E-state index contributed by atoms with van der Waals surface area (Å²) in [5.41, 5.74) is 0. The highest BCUT2D eigenvalue weighted by molar-refractivity contribution is 4.82. The van der Waals surface area contributed by atoms with Gasteiger partial charge in [-0.1, -0.05) is 33.6 Å². The van der Waals surface area contributed by atoms with Crippen LogP contribution in [0.3, 0.4) is 0 Å². The van der Waals surface area contributed by atoms with Gasteiger partial charge in [0.05, 0.1) is 0 Å². The summed E-state index contributed by atoms with van der Waals surface area (Å²) in [6, 6.07) is 0.726. The van der Waals surface area contributed by atoms with Gasteiger partial charge in [-0.25, -0.2) is 0 Å². The van der Waals surface area contributed by atoms with E-state index in [1.165, 1.54) is 58.2 Å². The predicted molar refractivity (Wildman–Crippen MR) is 81.0 cm³/mol. The summed E-state index contributed by atoms with van der Waals surface area (Å²) in [5, 5.41) is 3.79. The van der Waals surface area contributed by atoms with Crippen LogP contribution in [0.5, 0.6) is 0 Å². The third kappa shape index (κ3) is 6.19. The van der Waals surface area contributed by atoms with Gasteiger partial charge in [-0.15, -0.1) is 0 Å². The lowest BCUT2D eigenvalue weighted by molar-refractivity contribution is 0.232. The van der Waals surface area contributed by atoms with Gasteiger partial charge in [-0.2, -0.15) is 0 Å². The first-order chi connectivity index (χ1) is 8.63. The zero-order chi connectivity index (χ0) is 13.4. The Morgan fingerprint density at radius 3 is 2.44 bits per heavy atom. The molecule has 0 aliphatic heterocycles. The van der Waals surface area contributed by atoms with Gasteiger partial charge in [0, 0.05) is 12.6 Å². The molecule has 0 amide bonds. The van der Waals surface area contributed by atoms with Crippen LogP contribution in [0.2, 0.25) is 0 Å². The maximum atomic E-state index is 3.79. The molecule has 108 valence electrons. The molecule has 1 rings (SSSR count). The molecule has 1 aliphatic carbocycles. The molecule has 0 saturated heterocycles. The molecule has 0 aromatic heterocycles. The average Bonchev–Trinajstić information content (AvgIpc) is 2.85. The topological polar surface area (TPSA) is 15.3 Å². The van der Waals surface area contributed by atoms with Crippen molar-refractivity contribution in [3.63, 3.8) is 0 Å². The van der Waals surface area contributed by atoms with Crippen molar-refractivity contribution in [1.29, 1.82) is 0 Å². The van der Waals surface area contributed by atoms with Crippen molar-refractivity contribution in [3.8, 4) is 0 Å². The Labute approximate surface area is 115 Å². The summed E-state index contributed by atoms with van der Waals surface area (Å²) >= 11 is 0. The Hall–Kier alpha value is -0.0800. The fourth-order valence-corrected chi connectivity index (χ4v) is 2.98. The highest BCUT2D eigenvalue weighted by Gasteiger charge is 2.25. The second-order valence-electron chi connectivity index (χ2n) is 6.55. The number of hydrogen-bond acceptors (Lipinski definition) is 2. The second-order valence-corrected chi connectivity index (χ2v) is 6.55. The zero-order valence-corrected chi connectivity index (χ0v) is 13.0. The number of nitrogens with zero attached hydrogens (tertiary/aromatic N) is 1. The first-order valence-electron chi connectivity index (χ1n) is 8.05. The van der Waals surface area contributed by atoms with Crippen LogP contribution < -0.4 is 5.32 Å². The summed E-state index contributed by atoms with van der Waals surface area (Å²) in [6.07, 6.45) is 8.36. The highest BCUT2D eigenvalue weighted by Crippen LogP contribution is 2.28. The molecule has 0 spiro atoms. The first kappa shape index (κ1) is 16.0. The summed E-state index contributed by atoms with van der Waals surface area (Å²) in [4.78, 5) is 2.53. The minimum atomic E-state index is 0.726. The van der Waals surface area contributed by atoms with Crippen LogP contribution in [0, 0.1) is 11.8 Å². The van der Waals surface area contributed by atoms with E-state index in [9.17, 15) is 0 Å². The molecule has 1 atom stereocenters. The van der Waals surface area contributed by atoms with Gasteiger partial charge in [-0.05, 0) is 57.7 Å². The van der Waals surface area contributed by atoms with Gasteiger partial charge in [0.2, 0.25) is 0 Å². The van der Waals surface area contributed by atoms with E-state index in [1.807, 2.05) is 0 Å². The molecular formula is C16H34N2. The van der Waals surface area contributed by atoms with Crippen LogP contribution >= 0.6 is 0 Å². The zero-order valence-electron chi connectivity index (χ0n) is 13.0. The van der Waals surface area contributed by atoms with Crippen LogP contribution in [-0.2, 0) is 0 Å². The number of hydrogen-bond donors (Lipinski definition) is 1. The van der Waals surface area contributed by atoms with E-state index in [0.717, 1.165) is 17.9 Å². The van der Waals surface area contributed by atoms with E-state index in [1.54, 1.807) is 0 Å². The molecule has 0 heterocycles. The maximum absolute atomic E-state index is 3.79. The lowest BCUT2D eigenvalue weighted by Gasteiger charge is -2.29. The second kappa shape index (κ2) is 8.92. The first-order valence-corrected chi connectivity index (χ1v) is 8.05. The van der Waals surface area contributed by atoms with E-state index < -0.39 is 0 Å². The van der Waals surface area contributed by atoms with Gasteiger partial charge >= 0.3 is 0 Å². The van der Waals surface area contributed by atoms with Crippen molar-refractivity contribution in [2.24, 2.45) is 11.8 Å². The Balaban J connectivity index is 2.34. The summed E-state index contributed by atoms with van der Waals surface area (Å²) in [5.74, 6) is 1.75. The quantitative estimate of drug-likeness (QED) is 0.677. The molecule has 0 aromatic carbocycles. The summed E-state index contributed by atoms with van der Waals surface area (Å²) in [6.45, 7) is 10.6. The molecule has 18 heavy (non-hydrogen) atoms. The number of rotatable bonds is 9. The predicted octanol–water partition coefficient (Wildman–Crippen LogP) is 3.52. The Morgan fingerprint density at radius 2 is 1.89 bits per heavy atom. The largest absolute Gasteiger partial charge is 0.312 e.